The zero-order chi connectivity index (χ0) is 12.7. The number of hydrogen-bond donors (Lipinski definition) is 1. The van der Waals surface area contributed by atoms with Gasteiger partial charge in [0.1, 0.15) is 19.0 Å². The van der Waals surface area contributed by atoms with E-state index in [4.69, 9.17) is 15.2 Å². The maximum Gasteiger partial charge on any atom is 0.197 e. The molecule has 2 N–H and O–H groups in total. The molecule has 0 saturated heterocycles. The molecule has 1 aromatic heterocycles. The van der Waals surface area contributed by atoms with Gasteiger partial charge in [0, 0.05) is 18.2 Å². The molecule has 0 saturated carbocycles. The van der Waals surface area contributed by atoms with E-state index in [1.54, 1.807) is 19.2 Å². The van der Waals surface area contributed by atoms with E-state index in [1.807, 2.05) is 0 Å². The number of aryl methyl sites for hydroxylation is 1. The Morgan fingerprint density at radius 2 is 2.06 bits per heavy atom. The predicted molar refractivity (Wildman–Crippen MR) is 64.0 cm³/mol. The zero-order valence-corrected chi connectivity index (χ0v) is 9.81. The summed E-state index contributed by atoms with van der Waals surface area (Å²) in [5.74, 6) is 0.504. The molecular weight excluding hydrogens is 237 g/mol. The van der Waals surface area contributed by atoms with Crippen molar-refractivity contribution >= 4 is 5.82 Å². The van der Waals surface area contributed by atoms with Crippen LogP contribution < -0.4 is 15.2 Å². The number of benzene rings is 1. The average molecular weight is 249 g/mol. The molecule has 0 fully saturated rings. The molecule has 1 aliphatic rings. The first kappa shape index (κ1) is 10.9. The topological polar surface area (TPSA) is 62.3 Å². The van der Waals surface area contributed by atoms with Crippen LogP contribution in [0, 0.1) is 5.82 Å². The van der Waals surface area contributed by atoms with Crippen molar-refractivity contribution in [2.45, 2.75) is 0 Å². The number of anilines is 1. The van der Waals surface area contributed by atoms with Crippen LogP contribution in [0.3, 0.4) is 0 Å². The van der Waals surface area contributed by atoms with Crippen molar-refractivity contribution in [3.8, 4) is 22.6 Å². The molecule has 3 rings (SSSR count). The van der Waals surface area contributed by atoms with Crippen molar-refractivity contribution in [3.63, 3.8) is 0 Å². The van der Waals surface area contributed by atoms with Gasteiger partial charge >= 0.3 is 0 Å². The van der Waals surface area contributed by atoms with Crippen molar-refractivity contribution in [3.05, 3.63) is 24.1 Å². The molecule has 1 aliphatic heterocycles. The molecule has 2 aromatic rings. The van der Waals surface area contributed by atoms with Gasteiger partial charge in [-0.2, -0.15) is 5.10 Å². The molecule has 0 bridgehead atoms. The lowest BCUT2D eigenvalue weighted by Crippen LogP contribution is -2.16. The van der Waals surface area contributed by atoms with Crippen LogP contribution in [0.1, 0.15) is 0 Å². The Labute approximate surface area is 103 Å². The molecule has 0 spiro atoms. The number of aromatic nitrogens is 2. The van der Waals surface area contributed by atoms with E-state index in [2.05, 4.69) is 5.10 Å². The minimum atomic E-state index is -0.466. The standard InChI is InChI=1S/C12H12FN3O2/c1-16-12(14)8(6-15-16)7-2-3-9-11(10(7)13)18-5-4-17-9/h2-3,6H,4-5,14H2,1H3. The number of halogens is 1. The second-order valence-corrected chi connectivity index (χ2v) is 4.02. The molecule has 0 unspecified atom stereocenters. The van der Waals surface area contributed by atoms with E-state index in [9.17, 15) is 4.39 Å². The van der Waals surface area contributed by atoms with Crippen LogP contribution in [0.2, 0.25) is 0 Å². The minimum Gasteiger partial charge on any atom is -0.486 e. The van der Waals surface area contributed by atoms with Crippen molar-refractivity contribution in [1.29, 1.82) is 0 Å². The van der Waals surface area contributed by atoms with E-state index in [0.717, 1.165) is 0 Å². The number of hydrogen-bond acceptors (Lipinski definition) is 4. The van der Waals surface area contributed by atoms with Gasteiger partial charge in [-0.15, -0.1) is 0 Å². The maximum atomic E-state index is 14.3. The number of fused-ring (bicyclic) bond motifs is 1. The normalized spacial score (nSPS) is 13.7. The molecule has 18 heavy (non-hydrogen) atoms. The second kappa shape index (κ2) is 3.90. The van der Waals surface area contributed by atoms with Gasteiger partial charge in [0.25, 0.3) is 0 Å². The first-order valence-electron chi connectivity index (χ1n) is 5.54. The van der Waals surface area contributed by atoms with Gasteiger partial charge in [-0.25, -0.2) is 4.39 Å². The summed E-state index contributed by atoms with van der Waals surface area (Å²) in [7, 11) is 1.70. The van der Waals surface area contributed by atoms with E-state index in [0.29, 0.717) is 35.9 Å². The van der Waals surface area contributed by atoms with Gasteiger partial charge < -0.3 is 15.2 Å². The van der Waals surface area contributed by atoms with Crippen molar-refractivity contribution in [2.75, 3.05) is 18.9 Å². The molecule has 5 nitrogen and oxygen atoms in total. The second-order valence-electron chi connectivity index (χ2n) is 4.02. The summed E-state index contributed by atoms with van der Waals surface area (Å²) in [6.45, 7) is 0.775. The molecular formula is C12H12FN3O2. The average Bonchev–Trinajstić information content (AvgIpc) is 2.71. The number of nitrogens with zero attached hydrogens (tertiary/aromatic N) is 2. The van der Waals surface area contributed by atoms with E-state index in [-0.39, 0.29) is 5.75 Å². The highest BCUT2D eigenvalue weighted by Gasteiger charge is 2.22. The summed E-state index contributed by atoms with van der Waals surface area (Å²) in [4.78, 5) is 0. The minimum absolute atomic E-state index is 0.141. The Hall–Kier alpha value is -2.24. The fourth-order valence-electron chi connectivity index (χ4n) is 1.94. The Morgan fingerprint density at radius 1 is 1.28 bits per heavy atom. The third-order valence-electron chi connectivity index (χ3n) is 2.92. The molecule has 2 heterocycles. The van der Waals surface area contributed by atoms with Crippen molar-refractivity contribution < 1.29 is 13.9 Å². The summed E-state index contributed by atoms with van der Waals surface area (Å²) in [5.41, 5.74) is 6.76. The molecule has 6 heteroatoms. The van der Waals surface area contributed by atoms with Gasteiger partial charge in [-0.3, -0.25) is 4.68 Å². The lowest BCUT2D eigenvalue weighted by Gasteiger charge is -2.19. The Bertz CT molecular complexity index is 610. The summed E-state index contributed by atoms with van der Waals surface area (Å²) in [6.07, 6.45) is 1.53. The highest BCUT2D eigenvalue weighted by Crippen LogP contribution is 2.39. The molecule has 0 atom stereocenters. The van der Waals surface area contributed by atoms with Crippen LogP contribution in [0.15, 0.2) is 18.3 Å². The summed E-state index contributed by atoms with van der Waals surface area (Å²) in [5, 5.41) is 4.00. The SMILES string of the molecule is Cn1ncc(-c2ccc3c(c2F)OCCO3)c1N. The van der Waals surface area contributed by atoms with Gasteiger partial charge in [0.05, 0.1) is 6.20 Å². The summed E-state index contributed by atoms with van der Waals surface area (Å²) >= 11 is 0. The Morgan fingerprint density at radius 3 is 2.78 bits per heavy atom. The summed E-state index contributed by atoms with van der Waals surface area (Å²) in [6, 6.07) is 3.30. The van der Waals surface area contributed by atoms with E-state index in [1.165, 1.54) is 10.9 Å². The molecule has 0 radical (unpaired) electrons. The monoisotopic (exact) mass is 249 g/mol. The van der Waals surface area contributed by atoms with Crippen molar-refractivity contribution in [1.82, 2.24) is 9.78 Å². The van der Waals surface area contributed by atoms with Gasteiger partial charge in [-0.05, 0) is 12.1 Å². The van der Waals surface area contributed by atoms with E-state index < -0.39 is 5.82 Å². The quantitative estimate of drug-likeness (QED) is 0.833. The predicted octanol–water partition coefficient (Wildman–Crippen LogP) is 1.58. The number of nitrogens with two attached hydrogens (primary N) is 1. The third-order valence-corrected chi connectivity index (χ3v) is 2.92. The Kier molecular flexibility index (Phi) is 2.36. The smallest absolute Gasteiger partial charge is 0.197 e. The highest BCUT2D eigenvalue weighted by atomic mass is 19.1. The van der Waals surface area contributed by atoms with E-state index >= 15 is 0 Å². The van der Waals surface area contributed by atoms with Gasteiger partial charge in [0.15, 0.2) is 17.3 Å². The van der Waals surface area contributed by atoms with Crippen LogP contribution in [-0.4, -0.2) is 23.0 Å². The number of ether oxygens (including phenoxy) is 2. The number of rotatable bonds is 1. The first-order valence-corrected chi connectivity index (χ1v) is 5.54. The lowest BCUT2D eigenvalue weighted by atomic mass is 10.1. The number of nitrogen functional groups attached to an aromatic ring is 1. The molecule has 0 amide bonds. The fraction of sp³-hybridized carbons (Fsp3) is 0.250. The van der Waals surface area contributed by atoms with Crippen LogP contribution >= 0.6 is 0 Å². The van der Waals surface area contributed by atoms with Crippen molar-refractivity contribution in [2.24, 2.45) is 7.05 Å². The fourth-order valence-corrected chi connectivity index (χ4v) is 1.94. The van der Waals surface area contributed by atoms with Gasteiger partial charge in [0.2, 0.25) is 0 Å². The third kappa shape index (κ3) is 1.49. The van der Waals surface area contributed by atoms with Crippen LogP contribution in [0.4, 0.5) is 10.2 Å². The van der Waals surface area contributed by atoms with Gasteiger partial charge in [-0.1, -0.05) is 0 Å². The molecule has 0 aliphatic carbocycles. The maximum absolute atomic E-state index is 14.3. The lowest BCUT2D eigenvalue weighted by molar-refractivity contribution is 0.164. The van der Waals surface area contributed by atoms with Crippen LogP contribution in [0.25, 0.3) is 11.1 Å². The molecule has 1 aromatic carbocycles. The highest BCUT2D eigenvalue weighted by molar-refractivity contribution is 5.76. The first-order chi connectivity index (χ1) is 8.68. The molecule has 94 valence electrons. The largest absolute Gasteiger partial charge is 0.486 e. The van der Waals surface area contributed by atoms with Crippen LogP contribution in [-0.2, 0) is 7.05 Å². The zero-order valence-electron chi connectivity index (χ0n) is 9.81. The van der Waals surface area contributed by atoms with Crippen LogP contribution in [0.5, 0.6) is 11.5 Å². The summed E-state index contributed by atoms with van der Waals surface area (Å²) < 4.78 is 26.4. The Balaban J connectivity index is 2.16.